The molecule has 0 saturated heterocycles. The largest absolute Gasteiger partial charge is 0.345 e. The van der Waals surface area contributed by atoms with Gasteiger partial charge in [0.15, 0.2) is 0 Å². The van der Waals surface area contributed by atoms with Crippen LogP contribution in [-0.4, -0.2) is 15.7 Å². The van der Waals surface area contributed by atoms with E-state index in [1.165, 1.54) is 16.7 Å². The van der Waals surface area contributed by atoms with Crippen LogP contribution in [0.3, 0.4) is 0 Å². The van der Waals surface area contributed by atoms with Crippen LogP contribution in [0.15, 0.2) is 30.6 Å². The SMILES string of the molecule is Cc1ccc2c(c1)[C@H](NC(=O)c1cnn(C)c1)[C@@H](C)C2. The van der Waals surface area contributed by atoms with Crippen LogP contribution in [0.25, 0.3) is 0 Å². The molecule has 0 bridgehead atoms. The van der Waals surface area contributed by atoms with Crippen molar-refractivity contribution in [3.05, 3.63) is 52.8 Å². The lowest BCUT2D eigenvalue weighted by atomic mass is 10.0. The van der Waals surface area contributed by atoms with E-state index in [0.717, 1.165) is 6.42 Å². The van der Waals surface area contributed by atoms with Crippen LogP contribution in [0.2, 0.25) is 0 Å². The summed E-state index contributed by atoms with van der Waals surface area (Å²) in [7, 11) is 1.81. The van der Waals surface area contributed by atoms with Crippen LogP contribution in [0.4, 0.5) is 0 Å². The summed E-state index contributed by atoms with van der Waals surface area (Å²) in [6, 6.07) is 6.60. The summed E-state index contributed by atoms with van der Waals surface area (Å²) >= 11 is 0. The van der Waals surface area contributed by atoms with Crippen molar-refractivity contribution in [2.75, 3.05) is 0 Å². The zero-order valence-electron chi connectivity index (χ0n) is 12.1. The van der Waals surface area contributed by atoms with Crippen molar-refractivity contribution < 1.29 is 4.79 Å². The molecule has 0 radical (unpaired) electrons. The third kappa shape index (κ3) is 2.22. The van der Waals surface area contributed by atoms with Crippen LogP contribution in [0, 0.1) is 12.8 Å². The predicted octanol–water partition coefficient (Wildman–Crippen LogP) is 2.39. The quantitative estimate of drug-likeness (QED) is 0.910. The number of fused-ring (bicyclic) bond motifs is 1. The molecule has 1 heterocycles. The van der Waals surface area contributed by atoms with E-state index < -0.39 is 0 Å². The average Bonchev–Trinajstić information content (AvgIpc) is 2.95. The van der Waals surface area contributed by atoms with Crippen LogP contribution >= 0.6 is 0 Å². The maximum absolute atomic E-state index is 12.3. The van der Waals surface area contributed by atoms with E-state index in [9.17, 15) is 4.79 Å². The highest BCUT2D eigenvalue weighted by atomic mass is 16.1. The molecular formula is C16H19N3O. The van der Waals surface area contributed by atoms with Crippen molar-refractivity contribution in [3.8, 4) is 0 Å². The van der Waals surface area contributed by atoms with Crippen molar-refractivity contribution in [1.82, 2.24) is 15.1 Å². The van der Waals surface area contributed by atoms with Crippen molar-refractivity contribution in [2.24, 2.45) is 13.0 Å². The zero-order chi connectivity index (χ0) is 14.3. The number of carbonyl (C=O) groups is 1. The van der Waals surface area contributed by atoms with E-state index >= 15 is 0 Å². The molecular weight excluding hydrogens is 250 g/mol. The first kappa shape index (κ1) is 12.9. The third-order valence-corrected chi connectivity index (χ3v) is 4.00. The summed E-state index contributed by atoms with van der Waals surface area (Å²) in [6.07, 6.45) is 4.37. The van der Waals surface area contributed by atoms with E-state index in [1.54, 1.807) is 17.1 Å². The Morgan fingerprint density at radius 2 is 2.25 bits per heavy atom. The second kappa shape index (κ2) is 4.78. The number of hydrogen-bond donors (Lipinski definition) is 1. The van der Waals surface area contributed by atoms with Gasteiger partial charge < -0.3 is 5.32 Å². The van der Waals surface area contributed by atoms with Gasteiger partial charge in [-0.15, -0.1) is 0 Å². The Balaban J connectivity index is 1.85. The number of amides is 1. The highest BCUT2D eigenvalue weighted by Gasteiger charge is 2.30. The van der Waals surface area contributed by atoms with Gasteiger partial charge in [-0.3, -0.25) is 9.48 Å². The van der Waals surface area contributed by atoms with Gasteiger partial charge in [0.2, 0.25) is 0 Å². The molecule has 4 heteroatoms. The molecule has 0 unspecified atom stereocenters. The number of benzene rings is 1. The Labute approximate surface area is 118 Å². The molecule has 1 aromatic heterocycles. The summed E-state index contributed by atoms with van der Waals surface area (Å²) in [4.78, 5) is 12.3. The normalized spacial score (nSPS) is 20.8. The Morgan fingerprint density at radius 1 is 1.45 bits per heavy atom. The summed E-state index contributed by atoms with van der Waals surface area (Å²) in [5, 5.41) is 7.19. The lowest BCUT2D eigenvalue weighted by molar-refractivity contribution is 0.0927. The van der Waals surface area contributed by atoms with Crippen LogP contribution in [-0.2, 0) is 13.5 Å². The molecule has 0 spiro atoms. The molecule has 1 aliphatic carbocycles. The number of aryl methyl sites for hydroxylation is 2. The minimum Gasteiger partial charge on any atom is -0.345 e. The van der Waals surface area contributed by atoms with E-state index in [2.05, 4.69) is 42.5 Å². The highest BCUT2D eigenvalue weighted by molar-refractivity contribution is 5.94. The zero-order valence-corrected chi connectivity index (χ0v) is 12.1. The Morgan fingerprint density at radius 3 is 2.95 bits per heavy atom. The monoisotopic (exact) mass is 269 g/mol. The molecule has 3 rings (SSSR count). The minimum atomic E-state index is -0.0516. The lowest BCUT2D eigenvalue weighted by Crippen LogP contribution is -2.30. The van der Waals surface area contributed by atoms with Gasteiger partial charge in [0.25, 0.3) is 5.91 Å². The second-order valence-corrected chi connectivity index (χ2v) is 5.74. The second-order valence-electron chi connectivity index (χ2n) is 5.74. The predicted molar refractivity (Wildman–Crippen MR) is 77.5 cm³/mol. The molecule has 1 aromatic carbocycles. The summed E-state index contributed by atoms with van der Waals surface area (Å²) < 4.78 is 1.64. The van der Waals surface area contributed by atoms with Gasteiger partial charge in [-0.25, -0.2) is 0 Å². The topological polar surface area (TPSA) is 46.9 Å². The molecule has 2 atom stereocenters. The van der Waals surface area contributed by atoms with E-state index in [1.807, 2.05) is 7.05 Å². The fourth-order valence-corrected chi connectivity index (χ4v) is 2.94. The van der Waals surface area contributed by atoms with Gasteiger partial charge in [-0.1, -0.05) is 30.7 Å². The van der Waals surface area contributed by atoms with Gasteiger partial charge in [0.1, 0.15) is 0 Å². The van der Waals surface area contributed by atoms with Crippen molar-refractivity contribution in [2.45, 2.75) is 26.3 Å². The number of carbonyl (C=O) groups excluding carboxylic acids is 1. The minimum absolute atomic E-state index is 0.0516. The smallest absolute Gasteiger partial charge is 0.254 e. The van der Waals surface area contributed by atoms with Gasteiger partial charge in [0, 0.05) is 13.2 Å². The molecule has 1 N–H and O–H groups in total. The first-order chi connectivity index (χ1) is 9.54. The first-order valence-electron chi connectivity index (χ1n) is 6.93. The molecule has 0 fully saturated rings. The Hall–Kier alpha value is -2.10. The molecule has 2 aromatic rings. The van der Waals surface area contributed by atoms with Gasteiger partial charge in [0.05, 0.1) is 17.8 Å². The van der Waals surface area contributed by atoms with Crippen LogP contribution in [0.5, 0.6) is 0 Å². The van der Waals surface area contributed by atoms with Crippen LogP contribution < -0.4 is 5.32 Å². The molecule has 20 heavy (non-hydrogen) atoms. The number of aromatic nitrogens is 2. The highest BCUT2D eigenvalue weighted by Crippen LogP contribution is 2.36. The van der Waals surface area contributed by atoms with E-state index in [-0.39, 0.29) is 11.9 Å². The van der Waals surface area contributed by atoms with E-state index in [0.29, 0.717) is 11.5 Å². The number of nitrogens with one attached hydrogen (secondary N) is 1. The van der Waals surface area contributed by atoms with Crippen molar-refractivity contribution >= 4 is 5.91 Å². The fraction of sp³-hybridized carbons (Fsp3) is 0.375. The average molecular weight is 269 g/mol. The maximum Gasteiger partial charge on any atom is 0.254 e. The third-order valence-electron chi connectivity index (χ3n) is 4.00. The molecule has 1 amide bonds. The number of hydrogen-bond acceptors (Lipinski definition) is 2. The summed E-state index contributed by atoms with van der Waals surface area (Å²) in [5.74, 6) is 0.372. The van der Waals surface area contributed by atoms with E-state index in [4.69, 9.17) is 0 Å². The maximum atomic E-state index is 12.3. The van der Waals surface area contributed by atoms with Gasteiger partial charge in [-0.05, 0) is 30.4 Å². The molecule has 1 aliphatic rings. The fourth-order valence-electron chi connectivity index (χ4n) is 2.94. The first-order valence-corrected chi connectivity index (χ1v) is 6.93. The van der Waals surface area contributed by atoms with Crippen molar-refractivity contribution in [3.63, 3.8) is 0 Å². The Kier molecular flexibility index (Phi) is 3.08. The van der Waals surface area contributed by atoms with Gasteiger partial charge in [-0.2, -0.15) is 5.10 Å². The molecule has 0 aliphatic heterocycles. The summed E-state index contributed by atoms with van der Waals surface area (Å²) in [6.45, 7) is 4.27. The number of nitrogens with zero attached hydrogens (tertiary/aromatic N) is 2. The number of rotatable bonds is 2. The van der Waals surface area contributed by atoms with Gasteiger partial charge >= 0.3 is 0 Å². The Bertz CT molecular complexity index is 659. The van der Waals surface area contributed by atoms with Crippen molar-refractivity contribution in [1.29, 1.82) is 0 Å². The molecule has 104 valence electrons. The lowest BCUT2D eigenvalue weighted by Gasteiger charge is -2.18. The molecule has 4 nitrogen and oxygen atoms in total. The van der Waals surface area contributed by atoms with Crippen LogP contribution in [0.1, 0.15) is 40.0 Å². The standard InChI is InChI=1S/C16H19N3O/c1-10-4-5-12-7-11(2)15(14(12)6-10)18-16(20)13-8-17-19(3)9-13/h4-6,8-9,11,15H,7H2,1-3H3,(H,18,20)/t11-,15+/m0/s1. The molecule has 0 saturated carbocycles. The summed E-state index contributed by atoms with van der Waals surface area (Å²) in [5.41, 5.74) is 4.45.